The maximum absolute atomic E-state index is 2.26. The van der Waals surface area contributed by atoms with Gasteiger partial charge < -0.3 is 0 Å². The van der Waals surface area contributed by atoms with Crippen LogP contribution in [0.4, 0.5) is 0 Å². The minimum absolute atomic E-state index is 1.20. The van der Waals surface area contributed by atoms with Gasteiger partial charge in [0.2, 0.25) is 0 Å². The number of thioether (sulfide) groups is 1. The van der Waals surface area contributed by atoms with E-state index in [2.05, 4.69) is 37.4 Å². The number of hydrogen-bond donors (Lipinski definition) is 0. The molecule has 0 aliphatic carbocycles. The lowest BCUT2D eigenvalue weighted by Crippen LogP contribution is -1.87. The molecule has 0 spiro atoms. The van der Waals surface area contributed by atoms with Crippen molar-refractivity contribution >= 4 is 11.8 Å². The lowest BCUT2D eigenvalue weighted by atomic mass is 10.1. The Balaban J connectivity index is 2.56. The molecule has 0 nitrogen and oxygen atoms in total. The van der Waals surface area contributed by atoms with Crippen LogP contribution >= 0.6 is 11.8 Å². The summed E-state index contributed by atoms with van der Waals surface area (Å²) >= 11 is 1.90. The molecule has 0 saturated heterocycles. The summed E-state index contributed by atoms with van der Waals surface area (Å²) in [5.41, 5.74) is 2.82. The van der Waals surface area contributed by atoms with E-state index in [-0.39, 0.29) is 0 Å². The lowest BCUT2D eigenvalue weighted by molar-refractivity contribution is 1.15. The predicted molar refractivity (Wildman–Crippen MR) is 53.3 cm³/mol. The van der Waals surface area contributed by atoms with E-state index >= 15 is 0 Å². The minimum atomic E-state index is 1.20. The standard InChI is InChI=1S/C10H14S/c1-9-4-3-5-10(8-9)6-7-11-2/h3-5,8H,6-7H2,1-2H3. The van der Waals surface area contributed by atoms with E-state index in [0.29, 0.717) is 0 Å². The van der Waals surface area contributed by atoms with Gasteiger partial charge in [0.1, 0.15) is 0 Å². The van der Waals surface area contributed by atoms with Gasteiger partial charge in [0.05, 0.1) is 0 Å². The molecule has 1 aromatic carbocycles. The van der Waals surface area contributed by atoms with Gasteiger partial charge in [0.25, 0.3) is 0 Å². The third-order valence-electron chi connectivity index (χ3n) is 1.68. The maximum atomic E-state index is 2.26. The number of rotatable bonds is 3. The van der Waals surface area contributed by atoms with Crippen molar-refractivity contribution in [3.8, 4) is 0 Å². The van der Waals surface area contributed by atoms with Gasteiger partial charge in [-0.25, -0.2) is 0 Å². The van der Waals surface area contributed by atoms with Crippen molar-refractivity contribution in [2.75, 3.05) is 12.0 Å². The molecule has 0 heterocycles. The van der Waals surface area contributed by atoms with Crippen LogP contribution in [0.3, 0.4) is 0 Å². The third kappa shape index (κ3) is 2.98. The van der Waals surface area contributed by atoms with E-state index in [4.69, 9.17) is 0 Å². The average Bonchev–Trinajstić information content (AvgIpc) is 2.01. The minimum Gasteiger partial charge on any atom is -0.165 e. The van der Waals surface area contributed by atoms with Crippen LogP contribution in [0, 0.1) is 6.92 Å². The highest BCUT2D eigenvalue weighted by Crippen LogP contribution is 2.06. The fraction of sp³-hybridized carbons (Fsp3) is 0.400. The first-order valence-electron chi connectivity index (χ1n) is 3.87. The SMILES string of the molecule is CSCCc1cccc(C)c1. The van der Waals surface area contributed by atoms with Crippen molar-refractivity contribution in [2.45, 2.75) is 13.3 Å². The first kappa shape index (κ1) is 8.66. The Hall–Kier alpha value is -0.430. The Morgan fingerprint density at radius 2 is 2.18 bits per heavy atom. The number of hydrogen-bond acceptors (Lipinski definition) is 1. The van der Waals surface area contributed by atoms with E-state index in [0.717, 1.165) is 0 Å². The van der Waals surface area contributed by atoms with Gasteiger partial charge in [-0.2, -0.15) is 11.8 Å². The molecule has 11 heavy (non-hydrogen) atoms. The monoisotopic (exact) mass is 166 g/mol. The smallest absolute Gasteiger partial charge is 0.00298 e. The summed E-state index contributed by atoms with van der Waals surface area (Å²) < 4.78 is 0. The fourth-order valence-electron chi connectivity index (χ4n) is 1.09. The van der Waals surface area contributed by atoms with E-state index < -0.39 is 0 Å². The Morgan fingerprint density at radius 3 is 2.82 bits per heavy atom. The molecule has 0 aliphatic heterocycles. The van der Waals surface area contributed by atoms with Crippen molar-refractivity contribution in [2.24, 2.45) is 0 Å². The van der Waals surface area contributed by atoms with Gasteiger partial charge in [-0.1, -0.05) is 29.8 Å². The topological polar surface area (TPSA) is 0 Å². The van der Waals surface area contributed by atoms with Crippen LogP contribution in [0.25, 0.3) is 0 Å². The summed E-state index contributed by atoms with van der Waals surface area (Å²) in [6.07, 6.45) is 3.35. The van der Waals surface area contributed by atoms with Crippen molar-refractivity contribution < 1.29 is 0 Å². The molecule has 1 rings (SSSR count). The van der Waals surface area contributed by atoms with Crippen LogP contribution < -0.4 is 0 Å². The second kappa shape index (κ2) is 4.45. The highest BCUT2D eigenvalue weighted by molar-refractivity contribution is 7.98. The molecule has 0 unspecified atom stereocenters. The molecule has 0 fully saturated rings. The summed E-state index contributed by atoms with van der Waals surface area (Å²) in [5.74, 6) is 1.23. The van der Waals surface area contributed by atoms with Crippen molar-refractivity contribution in [1.29, 1.82) is 0 Å². The van der Waals surface area contributed by atoms with Crippen molar-refractivity contribution in [1.82, 2.24) is 0 Å². The molecule has 0 N–H and O–H groups in total. The molecular formula is C10H14S. The molecule has 0 saturated carbocycles. The van der Waals surface area contributed by atoms with Crippen LogP contribution in [0.15, 0.2) is 24.3 Å². The van der Waals surface area contributed by atoms with Crippen LogP contribution in [0.2, 0.25) is 0 Å². The average molecular weight is 166 g/mol. The Bertz CT molecular complexity index is 218. The second-order valence-corrected chi connectivity index (χ2v) is 3.72. The van der Waals surface area contributed by atoms with E-state index in [1.807, 2.05) is 11.8 Å². The van der Waals surface area contributed by atoms with Gasteiger partial charge >= 0.3 is 0 Å². The summed E-state index contributed by atoms with van der Waals surface area (Å²) in [6, 6.07) is 8.73. The number of aryl methyl sites for hydroxylation is 2. The largest absolute Gasteiger partial charge is 0.165 e. The predicted octanol–water partition coefficient (Wildman–Crippen LogP) is 2.90. The normalized spacial score (nSPS) is 10.0. The zero-order chi connectivity index (χ0) is 8.10. The Kier molecular flexibility index (Phi) is 3.50. The molecule has 60 valence electrons. The summed E-state index contributed by atoms with van der Waals surface area (Å²) in [5, 5.41) is 0. The highest BCUT2D eigenvalue weighted by Gasteiger charge is 1.91. The molecule has 0 aromatic heterocycles. The molecule has 0 atom stereocenters. The van der Waals surface area contributed by atoms with Crippen LogP contribution in [0.1, 0.15) is 11.1 Å². The lowest BCUT2D eigenvalue weighted by Gasteiger charge is -1.99. The quantitative estimate of drug-likeness (QED) is 0.665. The third-order valence-corrected chi connectivity index (χ3v) is 2.29. The summed E-state index contributed by atoms with van der Waals surface area (Å²) in [6.45, 7) is 2.14. The van der Waals surface area contributed by atoms with Crippen molar-refractivity contribution in [3.63, 3.8) is 0 Å². The van der Waals surface area contributed by atoms with Gasteiger partial charge in [-0.05, 0) is 30.9 Å². The van der Waals surface area contributed by atoms with Gasteiger partial charge in [0, 0.05) is 0 Å². The fourth-order valence-corrected chi connectivity index (χ4v) is 1.53. The van der Waals surface area contributed by atoms with Crippen LogP contribution in [-0.4, -0.2) is 12.0 Å². The molecule has 0 radical (unpaired) electrons. The molecule has 0 amide bonds. The second-order valence-electron chi connectivity index (χ2n) is 2.73. The number of benzene rings is 1. The van der Waals surface area contributed by atoms with Crippen LogP contribution in [-0.2, 0) is 6.42 Å². The zero-order valence-corrected chi connectivity index (χ0v) is 7.95. The Labute approximate surface area is 73.0 Å². The summed E-state index contributed by atoms with van der Waals surface area (Å²) in [7, 11) is 0. The maximum Gasteiger partial charge on any atom is -0.00298 e. The van der Waals surface area contributed by atoms with Gasteiger partial charge in [-0.3, -0.25) is 0 Å². The first-order chi connectivity index (χ1) is 5.33. The first-order valence-corrected chi connectivity index (χ1v) is 5.27. The molecule has 0 bridgehead atoms. The molecule has 0 aliphatic rings. The summed E-state index contributed by atoms with van der Waals surface area (Å²) in [4.78, 5) is 0. The van der Waals surface area contributed by atoms with Gasteiger partial charge in [0.15, 0.2) is 0 Å². The highest BCUT2D eigenvalue weighted by atomic mass is 32.2. The Morgan fingerprint density at radius 1 is 1.36 bits per heavy atom. The molecular weight excluding hydrogens is 152 g/mol. The van der Waals surface area contributed by atoms with Crippen LogP contribution in [0.5, 0.6) is 0 Å². The van der Waals surface area contributed by atoms with Gasteiger partial charge in [-0.15, -0.1) is 0 Å². The molecule has 1 aromatic rings. The van der Waals surface area contributed by atoms with E-state index in [9.17, 15) is 0 Å². The van der Waals surface area contributed by atoms with E-state index in [1.165, 1.54) is 23.3 Å². The van der Waals surface area contributed by atoms with E-state index in [1.54, 1.807) is 0 Å². The van der Waals surface area contributed by atoms with Crippen molar-refractivity contribution in [3.05, 3.63) is 35.4 Å². The zero-order valence-electron chi connectivity index (χ0n) is 7.13. The molecule has 1 heteroatoms.